The number of fused-ring (bicyclic) bond motifs is 5. The molecule has 0 radical (unpaired) electrons. The molecule has 1 unspecified atom stereocenters. The van der Waals surface area contributed by atoms with Crippen molar-refractivity contribution < 1.29 is 23.5 Å². The van der Waals surface area contributed by atoms with Crippen molar-refractivity contribution in [3.8, 4) is 29.6 Å². The summed E-state index contributed by atoms with van der Waals surface area (Å²) >= 11 is 0. The largest absolute Gasteiger partial charge is 0.461 e. The summed E-state index contributed by atoms with van der Waals surface area (Å²) in [5.74, 6) is 2.25. The molecule has 5 aliphatic heterocycles. The average Bonchev–Trinajstić information content (AvgIpc) is 3.75. The van der Waals surface area contributed by atoms with Crippen molar-refractivity contribution in [2.24, 2.45) is 0 Å². The number of carbonyl (C=O) groups excluding carboxylic acids is 2. The first kappa shape index (κ1) is 29.3. The molecule has 0 saturated carbocycles. The van der Waals surface area contributed by atoms with Crippen molar-refractivity contribution in [2.45, 2.75) is 68.7 Å². The van der Waals surface area contributed by atoms with E-state index in [1.807, 2.05) is 41.3 Å². The van der Waals surface area contributed by atoms with Crippen LogP contribution in [0.2, 0.25) is 0 Å². The lowest BCUT2D eigenvalue weighted by Gasteiger charge is -2.43. The van der Waals surface area contributed by atoms with Gasteiger partial charge in [0.1, 0.15) is 23.6 Å². The molecule has 244 valence electrons. The van der Waals surface area contributed by atoms with Crippen molar-refractivity contribution in [3.05, 3.63) is 54.0 Å². The Morgan fingerprint density at radius 3 is 2.52 bits per heavy atom. The van der Waals surface area contributed by atoms with Crippen molar-refractivity contribution in [2.75, 3.05) is 37.7 Å². The number of hydrogen-bond acceptors (Lipinski definition) is 9. The first-order chi connectivity index (χ1) is 23.4. The molecule has 2 bridgehead atoms. The van der Waals surface area contributed by atoms with Crippen LogP contribution in [0.4, 0.5) is 10.2 Å². The fourth-order valence-electron chi connectivity index (χ4n) is 8.87. The van der Waals surface area contributed by atoms with Crippen LogP contribution in [0.1, 0.15) is 50.5 Å². The number of ether oxygens (including phenoxy) is 2. The molecular formula is C37H35FN6O4. The smallest absolute Gasteiger partial charge is 0.319 e. The zero-order valence-corrected chi connectivity index (χ0v) is 26.5. The minimum absolute atomic E-state index is 0.0366. The highest BCUT2D eigenvalue weighted by Gasteiger charge is 2.49. The number of rotatable bonds is 6. The molecule has 1 amide bonds. The predicted octanol–water partition coefficient (Wildman–Crippen LogP) is 4.47. The number of aromatic nitrogens is 3. The van der Waals surface area contributed by atoms with E-state index in [-0.39, 0.29) is 53.1 Å². The number of halogens is 1. The van der Waals surface area contributed by atoms with Gasteiger partial charge in [-0.25, -0.2) is 4.39 Å². The number of pyridine rings is 1. The van der Waals surface area contributed by atoms with Crippen molar-refractivity contribution in [3.63, 3.8) is 0 Å². The van der Waals surface area contributed by atoms with Gasteiger partial charge >= 0.3 is 12.0 Å². The first-order valence-electron chi connectivity index (χ1n) is 16.9. The molecule has 0 N–H and O–H groups in total. The number of nitrogens with zero attached hydrogens (tertiary/aromatic N) is 6. The van der Waals surface area contributed by atoms with E-state index in [1.165, 1.54) is 0 Å². The van der Waals surface area contributed by atoms with Gasteiger partial charge in [0, 0.05) is 47.9 Å². The molecule has 2 aromatic carbocycles. The van der Waals surface area contributed by atoms with Gasteiger partial charge in [-0.15, -0.1) is 6.42 Å². The number of anilines is 1. The van der Waals surface area contributed by atoms with Gasteiger partial charge in [-0.2, -0.15) is 9.97 Å². The van der Waals surface area contributed by atoms with E-state index in [0.29, 0.717) is 42.0 Å². The number of hydrogen-bond donors (Lipinski definition) is 0. The summed E-state index contributed by atoms with van der Waals surface area (Å²) in [7, 11) is 0. The van der Waals surface area contributed by atoms with Crippen LogP contribution in [0, 0.1) is 18.2 Å². The van der Waals surface area contributed by atoms with Crippen LogP contribution in [0.3, 0.4) is 0 Å². The normalized spacial score (nSPS) is 24.4. The molecule has 9 rings (SSSR count). The third kappa shape index (κ3) is 4.53. The Labute approximate surface area is 277 Å². The van der Waals surface area contributed by atoms with Crippen molar-refractivity contribution in [1.82, 2.24) is 24.8 Å². The van der Waals surface area contributed by atoms with Gasteiger partial charge < -0.3 is 19.3 Å². The maximum atomic E-state index is 16.9. The van der Waals surface area contributed by atoms with E-state index in [9.17, 15) is 9.59 Å². The Kier molecular flexibility index (Phi) is 6.80. The van der Waals surface area contributed by atoms with Crippen LogP contribution < -0.4 is 9.64 Å². The summed E-state index contributed by atoms with van der Waals surface area (Å²) in [5.41, 5.74) is 1.51. The van der Waals surface area contributed by atoms with Crippen LogP contribution in [0.15, 0.2) is 42.6 Å². The molecule has 5 aliphatic rings. The van der Waals surface area contributed by atoms with E-state index in [4.69, 9.17) is 25.9 Å². The third-order valence-electron chi connectivity index (χ3n) is 11.2. The Bertz CT molecular complexity index is 2010. The van der Waals surface area contributed by atoms with Crippen molar-refractivity contribution >= 4 is 39.4 Å². The maximum Gasteiger partial charge on any atom is 0.319 e. The SMILES string of the molecule is C#Cc1cccc2cccc(-c3ncc4c(N5CC6CC[C@@H](C5)N6C(=O)[C@H]5CC(=O)O5)nc(OCC56CCCN5CCC6)nc4c3F)c12. The van der Waals surface area contributed by atoms with Crippen LogP contribution in [0.5, 0.6) is 6.01 Å². The van der Waals surface area contributed by atoms with Gasteiger partial charge in [0.05, 0.1) is 17.3 Å². The monoisotopic (exact) mass is 646 g/mol. The molecule has 5 fully saturated rings. The fourth-order valence-corrected chi connectivity index (χ4v) is 8.87. The second-order valence-electron chi connectivity index (χ2n) is 13.8. The molecule has 5 saturated heterocycles. The molecule has 11 heteroatoms. The predicted molar refractivity (Wildman–Crippen MR) is 177 cm³/mol. The minimum atomic E-state index is -0.696. The van der Waals surface area contributed by atoms with Gasteiger partial charge in [-0.1, -0.05) is 36.3 Å². The quantitative estimate of drug-likeness (QED) is 0.222. The Morgan fingerprint density at radius 2 is 1.81 bits per heavy atom. The first-order valence-corrected chi connectivity index (χ1v) is 16.9. The lowest BCUT2D eigenvalue weighted by molar-refractivity contribution is -0.180. The molecule has 4 aromatic rings. The Balaban J connectivity index is 1.12. The summed E-state index contributed by atoms with van der Waals surface area (Å²) in [6, 6.07) is 11.3. The van der Waals surface area contributed by atoms with E-state index >= 15 is 4.39 Å². The standard InChI is InChI=1S/C37H35FN6O4/c1-2-22-7-3-8-23-9-4-10-26(30(22)23)32-31(38)33-27(18-39-32)34(41-36(40-33)47-21-37-13-5-15-43(37)16-6-14-37)42-19-24-11-12-25(20-42)44(24)35(46)28-17-29(45)48-28/h1,3-4,7-10,18,24-25,28H,5-6,11-17,19-21H2/t24-,25?,28+/m0/s1. The summed E-state index contributed by atoms with van der Waals surface area (Å²) in [6.45, 7) is 3.58. The summed E-state index contributed by atoms with van der Waals surface area (Å²) in [4.78, 5) is 45.5. The molecular weight excluding hydrogens is 611 g/mol. The molecule has 0 spiro atoms. The van der Waals surface area contributed by atoms with Gasteiger partial charge in [0.25, 0.3) is 5.91 Å². The van der Waals surface area contributed by atoms with Crippen molar-refractivity contribution in [1.29, 1.82) is 0 Å². The van der Waals surface area contributed by atoms with E-state index < -0.39 is 11.9 Å². The summed E-state index contributed by atoms with van der Waals surface area (Å²) in [6.07, 6.45) is 13.0. The zero-order chi connectivity index (χ0) is 32.6. The lowest BCUT2D eigenvalue weighted by atomic mass is 9.95. The number of carbonyl (C=O) groups is 2. The van der Waals surface area contributed by atoms with Gasteiger partial charge in [0.15, 0.2) is 11.9 Å². The Morgan fingerprint density at radius 1 is 1.08 bits per heavy atom. The van der Waals surface area contributed by atoms with Gasteiger partial charge in [-0.05, 0) is 63.1 Å². The second-order valence-corrected chi connectivity index (χ2v) is 13.8. The summed E-state index contributed by atoms with van der Waals surface area (Å²) < 4.78 is 28.5. The molecule has 7 heterocycles. The van der Waals surface area contributed by atoms with Gasteiger partial charge in [-0.3, -0.25) is 19.5 Å². The maximum absolute atomic E-state index is 16.9. The number of esters is 1. The zero-order valence-electron chi connectivity index (χ0n) is 26.5. The topological polar surface area (TPSA) is 101 Å². The minimum Gasteiger partial charge on any atom is -0.461 e. The molecule has 2 aromatic heterocycles. The summed E-state index contributed by atoms with van der Waals surface area (Å²) in [5, 5.41) is 2.14. The Hall–Kier alpha value is -4.82. The average molecular weight is 647 g/mol. The van der Waals surface area contributed by atoms with Crippen LogP contribution in [-0.2, 0) is 14.3 Å². The number of piperazine rings is 1. The highest BCUT2D eigenvalue weighted by molar-refractivity contribution is 6.02. The number of benzene rings is 2. The molecule has 48 heavy (non-hydrogen) atoms. The number of terminal acetylenes is 1. The molecule has 3 atom stereocenters. The highest BCUT2D eigenvalue weighted by Crippen LogP contribution is 2.41. The highest BCUT2D eigenvalue weighted by atomic mass is 19.1. The second kappa shape index (κ2) is 11.1. The number of cyclic esters (lactones) is 1. The van der Waals surface area contributed by atoms with E-state index in [1.54, 1.807) is 6.20 Å². The van der Waals surface area contributed by atoms with E-state index in [2.05, 4.69) is 20.7 Å². The van der Waals surface area contributed by atoms with Crippen LogP contribution in [0.25, 0.3) is 32.9 Å². The number of amides is 1. The van der Waals surface area contributed by atoms with Crippen LogP contribution >= 0.6 is 0 Å². The molecule has 10 nitrogen and oxygen atoms in total. The molecule has 0 aliphatic carbocycles. The third-order valence-corrected chi connectivity index (χ3v) is 11.2. The van der Waals surface area contributed by atoms with E-state index in [0.717, 1.165) is 62.4 Å². The lowest BCUT2D eigenvalue weighted by Crippen LogP contribution is -2.60. The van der Waals surface area contributed by atoms with Gasteiger partial charge in [0.2, 0.25) is 0 Å². The fraction of sp³-hybridized carbons (Fsp3) is 0.432. The van der Waals surface area contributed by atoms with Crippen LogP contribution in [-0.4, -0.2) is 93.1 Å².